The first kappa shape index (κ1) is 30.4. The molecule has 242 valence electrons. The Kier molecular flexibility index (Phi) is 7.50. The number of hydrogen-bond acceptors (Lipinski definition) is 1. The van der Waals surface area contributed by atoms with Crippen LogP contribution >= 0.6 is 0 Å². The molecule has 0 amide bonds. The van der Waals surface area contributed by atoms with Gasteiger partial charge >= 0.3 is 0 Å². The van der Waals surface area contributed by atoms with Gasteiger partial charge in [0, 0.05) is 34.1 Å². The van der Waals surface area contributed by atoms with Crippen LogP contribution < -0.4 is 15.3 Å². The van der Waals surface area contributed by atoms with Crippen molar-refractivity contribution in [2.45, 2.75) is 43.9 Å². The summed E-state index contributed by atoms with van der Waals surface area (Å²) in [5.74, 6) is 0.634. The first-order chi connectivity index (χ1) is 24.6. The Morgan fingerprint density at radius 1 is 0.600 bits per heavy atom. The number of hydrogen-bond donors (Lipinski definition) is 0. The van der Waals surface area contributed by atoms with Crippen molar-refractivity contribution in [2.24, 2.45) is 0 Å². The van der Waals surface area contributed by atoms with Gasteiger partial charge in [-0.2, -0.15) is 0 Å². The molecule has 2 atom stereocenters. The first-order valence-electron chi connectivity index (χ1n) is 18.0. The van der Waals surface area contributed by atoms with Crippen LogP contribution in [-0.4, -0.2) is 0 Å². The fourth-order valence-corrected chi connectivity index (χ4v) is 8.81. The number of anilines is 3. The smallest absolute Gasteiger partial charge is 0.0546 e. The van der Waals surface area contributed by atoms with Crippen LogP contribution in [0.5, 0.6) is 0 Å². The zero-order chi connectivity index (χ0) is 33.7. The van der Waals surface area contributed by atoms with Crippen LogP contribution in [-0.2, 0) is 5.41 Å². The minimum Gasteiger partial charge on any atom is -0.309 e. The average Bonchev–Trinajstić information content (AvgIpc) is 3.42. The Labute approximate surface area is 295 Å². The Morgan fingerprint density at radius 3 is 2.08 bits per heavy atom. The van der Waals surface area contributed by atoms with Gasteiger partial charge in [0.2, 0.25) is 0 Å². The van der Waals surface area contributed by atoms with Crippen LogP contribution in [0.15, 0.2) is 169 Å². The Hall–Kier alpha value is -5.66. The van der Waals surface area contributed by atoms with Gasteiger partial charge in [0.05, 0.1) is 11.4 Å². The molecular formula is C49H41N. The zero-order valence-corrected chi connectivity index (χ0v) is 28.8. The highest BCUT2D eigenvalue weighted by Gasteiger charge is 2.45. The molecule has 0 spiro atoms. The lowest BCUT2D eigenvalue weighted by atomic mass is 9.73. The quantitative estimate of drug-likeness (QED) is 0.175. The summed E-state index contributed by atoms with van der Waals surface area (Å²) in [6, 6.07) is 53.8. The van der Waals surface area contributed by atoms with E-state index in [1.807, 2.05) is 0 Å². The molecule has 0 saturated heterocycles. The van der Waals surface area contributed by atoms with Gasteiger partial charge in [-0.25, -0.2) is 0 Å². The molecule has 0 radical (unpaired) electrons. The molecule has 6 aromatic carbocycles. The van der Waals surface area contributed by atoms with Gasteiger partial charge in [0.1, 0.15) is 0 Å². The molecule has 0 bridgehead atoms. The minimum absolute atomic E-state index is 0.0247. The molecule has 3 aliphatic carbocycles. The van der Waals surface area contributed by atoms with Crippen molar-refractivity contribution in [3.05, 3.63) is 197 Å². The van der Waals surface area contributed by atoms with E-state index in [0.717, 1.165) is 24.2 Å². The van der Waals surface area contributed by atoms with E-state index in [0.29, 0.717) is 5.92 Å². The number of para-hydroxylation sites is 1. The molecule has 50 heavy (non-hydrogen) atoms. The summed E-state index contributed by atoms with van der Waals surface area (Å²) in [6.07, 6.45) is 14.0. The average molecular weight is 644 g/mol. The van der Waals surface area contributed by atoms with Crippen molar-refractivity contribution in [3.8, 4) is 22.3 Å². The number of allylic oxidation sites excluding steroid dienone is 4. The SMILES string of the molecule is CC1(C)C2=CC=CC(c3ccc(N(c4ccccc4-c4ccccc4)c4ccc5c(c4-c4ccccc4)=CCCC=5)cc3)C2c2ccccc21. The normalized spacial score (nSPS) is 18.2. The highest BCUT2D eigenvalue weighted by atomic mass is 15.1. The second-order valence-corrected chi connectivity index (χ2v) is 14.3. The summed E-state index contributed by atoms with van der Waals surface area (Å²) >= 11 is 0. The van der Waals surface area contributed by atoms with Gasteiger partial charge in [0.15, 0.2) is 0 Å². The van der Waals surface area contributed by atoms with Gasteiger partial charge < -0.3 is 4.90 Å². The van der Waals surface area contributed by atoms with Crippen molar-refractivity contribution in [2.75, 3.05) is 4.90 Å². The maximum Gasteiger partial charge on any atom is 0.0546 e. The van der Waals surface area contributed by atoms with Crippen LogP contribution in [0.3, 0.4) is 0 Å². The summed E-state index contributed by atoms with van der Waals surface area (Å²) in [7, 11) is 0. The second kappa shape index (κ2) is 12.3. The number of benzene rings is 6. The van der Waals surface area contributed by atoms with E-state index in [4.69, 9.17) is 0 Å². The van der Waals surface area contributed by atoms with Crippen LogP contribution in [0.4, 0.5) is 17.1 Å². The van der Waals surface area contributed by atoms with Crippen LogP contribution in [0.2, 0.25) is 0 Å². The fourth-order valence-electron chi connectivity index (χ4n) is 8.81. The predicted molar refractivity (Wildman–Crippen MR) is 212 cm³/mol. The number of fused-ring (bicyclic) bond motifs is 4. The van der Waals surface area contributed by atoms with Gasteiger partial charge in [0.25, 0.3) is 0 Å². The zero-order valence-electron chi connectivity index (χ0n) is 28.8. The molecule has 0 heterocycles. The van der Waals surface area contributed by atoms with E-state index in [1.165, 1.54) is 60.6 Å². The minimum atomic E-state index is 0.0247. The third-order valence-electron chi connectivity index (χ3n) is 11.2. The largest absolute Gasteiger partial charge is 0.309 e. The molecule has 0 N–H and O–H groups in total. The fraction of sp³-hybridized carbons (Fsp3) is 0.143. The number of rotatable bonds is 6. The highest BCUT2D eigenvalue weighted by molar-refractivity contribution is 5.94. The van der Waals surface area contributed by atoms with Gasteiger partial charge in [-0.15, -0.1) is 0 Å². The number of nitrogens with zero attached hydrogens (tertiary/aromatic N) is 1. The van der Waals surface area contributed by atoms with Crippen molar-refractivity contribution in [1.29, 1.82) is 0 Å². The summed E-state index contributed by atoms with van der Waals surface area (Å²) in [4.78, 5) is 2.49. The molecule has 0 fully saturated rings. The van der Waals surface area contributed by atoms with Crippen molar-refractivity contribution < 1.29 is 0 Å². The maximum absolute atomic E-state index is 2.49. The van der Waals surface area contributed by atoms with Crippen molar-refractivity contribution in [3.63, 3.8) is 0 Å². The molecule has 0 aliphatic heterocycles. The van der Waals surface area contributed by atoms with E-state index in [2.05, 4.69) is 195 Å². The van der Waals surface area contributed by atoms with Gasteiger partial charge in [-0.1, -0.05) is 171 Å². The second-order valence-electron chi connectivity index (χ2n) is 14.3. The maximum atomic E-state index is 2.49. The molecule has 0 saturated carbocycles. The lowest BCUT2D eigenvalue weighted by molar-refractivity contribution is 0.589. The molecule has 9 rings (SSSR count). The van der Waals surface area contributed by atoms with Crippen LogP contribution in [0.1, 0.15) is 55.2 Å². The molecule has 0 aromatic heterocycles. The Bertz CT molecular complexity index is 2390. The van der Waals surface area contributed by atoms with Crippen LogP contribution in [0, 0.1) is 0 Å². The highest BCUT2D eigenvalue weighted by Crippen LogP contribution is 2.57. The molecule has 6 aromatic rings. The summed E-state index contributed by atoms with van der Waals surface area (Å²) in [6.45, 7) is 4.77. The first-order valence-corrected chi connectivity index (χ1v) is 18.0. The van der Waals surface area contributed by atoms with Gasteiger partial charge in [-0.3, -0.25) is 0 Å². The third kappa shape index (κ3) is 5.00. The predicted octanol–water partition coefficient (Wildman–Crippen LogP) is 11.5. The standard InChI is InChI=1S/C49H41N/c1-49(2)43-25-13-11-23-42(43)48-41(24-15-26-44(48)49)36-28-31-38(32-29-36)50(45-27-14-12-21-39(45)34-16-5-3-6-17-34)46-33-30-35-18-9-10-22-40(35)47(46)37-19-7-4-8-20-37/h3-8,11-33,41,48H,9-10H2,1-2H3. The topological polar surface area (TPSA) is 3.24 Å². The van der Waals surface area contributed by atoms with E-state index in [1.54, 1.807) is 0 Å². The third-order valence-corrected chi connectivity index (χ3v) is 11.2. The molecule has 1 heteroatoms. The van der Waals surface area contributed by atoms with Crippen LogP contribution in [0.25, 0.3) is 34.4 Å². The summed E-state index contributed by atoms with van der Waals surface area (Å²) in [5.41, 5.74) is 14.2. The van der Waals surface area contributed by atoms with E-state index >= 15 is 0 Å². The molecule has 3 aliphatic rings. The molecule has 2 unspecified atom stereocenters. The summed E-state index contributed by atoms with van der Waals surface area (Å²) in [5, 5.41) is 2.64. The van der Waals surface area contributed by atoms with E-state index in [9.17, 15) is 0 Å². The lowest BCUT2D eigenvalue weighted by Gasteiger charge is -2.32. The summed E-state index contributed by atoms with van der Waals surface area (Å²) < 4.78 is 0. The Balaban J connectivity index is 1.23. The van der Waals surface area contributed by atoms with Gasteiger partial charge in [-0.05, 0) is 75.4 Å². The Morgan fingerprint density at radius 2 is 1.28 bits per heavy atom. The van der Waals surface area contributed by atoms with E-state index in [-0.39, 0.29) is 11.3 Å². The molecule has 1 nitrogen and oxygen atoms in total. The lowest BCUT2D eigenvalue weighted by Crippen LogP contribution is -2.30. The monoisotopic (exact) mass is 643 g/mol. The van der Waals surface area contributed by atoms with Crippen molar-refractivity contribution >= 4 is 29.2 Å². The molecular weight excluding hydrogens is 603 g/mol. The van der Waals surface area contributed by atoms with Crippen molar-refractivity contribution in [1.82, 2.24) is 0 Å². The van der Waals surface area contributed by atoms with E-state index < -0.39 is 0 Å².